The first-order valence-corrected chi connectivity index (χ1v) is 36.1. The Kier molecular flexibility index (Phi) is 13.6. The van der Waals surface area contributed by atoms with Crippen LogP contribution in [0.1, 0.15) is 77.6 Å². The zero-order valence-corrected chi connectivity index (χ0v) is 59.9. The van der Waals surface area contributed by atoms with Crippen LogP contribution >= 0.6 is 31.9 Å². The van der Waals surface area contributed by atoms with E-state index in [-0.39, 0.29) is 29.2 Å². The van der Waals surface area contributed by atoms with Gasteiger partial charge >= 0.3 is 7.12 Å². The van der Waals surface area contributed by atoms with Gasteiger partial charge in [-0.1, -0.05) is 223 Å². The van der Waals surface area contributed by atoms with Crippen LogP contribution in [-0.4, -0.2) is 18.3 Å². The standard InChI is InChI=1S/C51H32O2.C22H21BO3.C19H14Br2/c1-51(2)44-25-34(33-16-19-46-40(23-33)42-21-29-9-3-5-11-31(29)26-48(42)52-46)15-18-38(44)50-37-14-8-7-13-36(37)39(28-45(50)51)35-17-20-47-41(24-35)43-22-30-10-4-6-12-32(30)27-49(43)53-47;1-21(2)22(3,4)26-23(25-21)16-9-10-19-18(13-16)17-11-14-7-5-6-8-15(14)12-20(17)24-19;1-19(2)15-9-11(20)7-8-14(15)18-13-6-4-3-5-12(13)17(21)10-16(18)19/h3-28H,1-2H3;5-13H,1-4H3;3-10H,1-2H3. The van der Waals surface area contributed by atoms with Crippen LogP contribution < -0.4 is 5.46 Å². The van der Waals surface area contributed by atoms with E-state index in [9.17, 15) is 0 Å². The molecule has 1 saturated heterocycles. The van der Waals surface area contributed by atoms with Crippen molar-refractivity contribution < 1.29 is 22.6 Å². The molecule has 0 unspecified atom stereocenters. The van der Waals surface area contributed by atoms with Gasteiger partial charge in [0.2, 0.25) is 0 Å². The van der Waals surface area contributed by atoms with Crippen LogP contribution in [0.4, 0.5) is 0 Å². The van der Waals surface area contributed by atoms with Gasteiger partial charge in [0, 0.05) is 52.1 Å². The third kappa shape index (κ3) is 9.47. The van der Waals surface area contributed by atoms with Gasteiger partial charge in [0.1, 0.15) is 33.5 Å². The second-order valence-electron chi connectivity index (χ2n) is 29.6. The summed E-state index contributed by atoms with van der Waals surface area (Å²) in [5, 5.41) is 19.2. The molecule has 15 aromatic carbocycles. The van der Waals surface area contributed by atoms with Crippen molar-refractivity contribution in [2.24, 2.45) is 0 Å². The van der Waals surface area contributed by atoms with Crippen molar-refractivity contribution in [3.8, 4) is 44.5 Å². The molecular formula is C92H67BBr2O5. The van der Waals surface area contributed by atoms with E-state index in [2.05, 4.69) is 330 Å². The first-order valence-electron chi connectivity index (χ1n) is 34.5. The van der Waals surface area contributed by atoms with Crippen LogP contribution in [0.15, 0.2) is 283 Å². The van der Waals surface area contributed by atoms with E-state index in [4.69, 9.17) is 22.6 Å². The predicted molar refractivity (Wildman–Crippen MR) is 426 cm³/mol. The van der Waals surface area contributed by atoms with Gasteiger partial charge in [-0.25, -0.2) is 0 Å². The summed E-state index contributed by atoms with van der Waals surface area (Å²) in [6, 6.07) is 94.1. The van der Waals surface area contributed by atoms with Crippen LogP contribution in [0.25, 0.3) is 164 Å². The molecule has 0 bridgehead atoms. The lowest BCUT2D eigenvalue weighted by atomic mass is 9.78. The van der Waals surface area contributed by atoms with Crippen molar-refractivity contribution in [1.82, 2.24) is 0 Å². The van der Waals surface area contributed by atoms with Crippen LogP contribution in [0.5, 0.6) is 0 Å². The van der Waals surface area contributed by atoms with Gasteiger partial charge < -0.3 is 22.6 Å². The van der Waals surface area contributed by atoms with E-state index in [0.29, 0.717) is 0 Å². The largest absolute Gasteiger partial charge is 0.494 e. The Bertz CT molecular complexity index is 6520. The molecule has 3 aromatic heterocycles. The van der Waals surface area contributed by atoms with Crippen molar-refractivity contribution in [1.29, 1.82) is 0 Å². The fourth-order valence-corrected chi connectivity index (χ4v) is 17.3. The maximum atomic E-state index is 6.39. The second kappa shape index (κ2) is 22.2. The summed E-state index contributed by atoms with van der Waals surface area (Å²) in [7, 11) is -0.366. The molecule has 0 radical (unpaired) electrons. The van der Waals surface area contributed by atoms with Crippen molar-refractivity contribution in [3.05, 3.63) is 292 Å². The van der Waals surface area contributed by atoms with Crippen molar-refractivity contribution in [2.45, 2.75) is 77.4 Å². The maximum absolute atomic E-state index is 6.39. The number of rotatable bonds is 3. The summed E-state index contributed by atoms with van der Waals surface area (Å²) in [5.74, 6) is 0. The normalized spacial score (nSPS) is 15.3. The summed E-state index contributed by atoms with van der Waals surface area (Å²) in [6.07, 6.45) is 0. The molecule has 3 aliphatic rings. The molecule has 0 N–H and O–H groups in total. The van der Waals surface area contributed by atoms with Gasteiger partial charge in [0.05, 0.1) is 11.2 Å². The first-order chi connectivity index (χ1) is 48.3. The second-order valence-corrected chi connectivity index (χ2v) is 31.3. The highest BCUT2D eigenvalue weighted by molar-refractivity contribution is 9.11. The fraction of sp³-hybridized carbons (Fsp3) is 0.130. The van der Waals surface area contributed by atoms with E-state index >= 15 is 0 Å². The number of halogens is 2. The van der Waals surface area contributed by atoms with E-state index in [0.717, 1.165) is 75.8 Å². The zero-order valence-electron chi connectivity index (χ0n) is 56.7. The zero-order chi connectivity index (χ0) is 67.9. The van der Waals surface area contributed by atoms with E-state index in [1.165, 1.54) is 125 Å². The van der Waals surface area contributed by atoms with Gasteiger partial charge in [-0.15, -0.1) is 0 Å². The summed E-state index contributed by atoms with van der Waals surface area (Å²) < 4.78 is 33.5. The Hall–Kier alpha value is -10.1. The van der Waals surface area contributed by atoms with Gasteiger partial charge in [-0.3, -0.25) is 0 Å². The maximum Gasteiger partial charge on any atom is 0.494 e. The topological polar surface area (TPSA) is 57.9 Å². The molecule has 100 heavy (non-hydrogen) atoms. The van der Waals surface area contributed by atoms with E-state index < -0.39 is 0 Å². The first kappa shape index (κ1) is 61.1. The van der Waals surface area contributed by atoms with Crippen LogP contribution in [0.2, 0.25) is 0 Å². The minimum absolute atomic E-state index is 0.0288. The Labute approximate surface area is 596 Å². The summed E-state index contributed by atoms with van der Waals surface area (Å²) in [6.45, 7) is 17.7. The molecule has 4 heterocycles. The lowest BCUT2D eigenvalue weighted by Gasteiger charge is -2.32. The fourth-order valence-electron chi connectivity index (χ4n) is 16.4. The lowest BCUT2D eigenvalue weighted by Crippen LogP contribution is -2.41. The highest BCUT2D eigenvalue weighted by Crippen LogP contribution is 2.56. The average molecular weight is 1420 g/mol. The van der Waals surface area contributed by atoms with Crippen molar-refractivity contribution in [2.75, 3.05) is 0 Å². The predicted octanol–water partition coefficient (Wildman–Crippen LogP) is 26.3. The summed E-state index contributed by atoms with van der Waals surface area (Å²) in [4.78, 5) is 0. The smallest absolute Gasteiger partial charge is 0.456 e. The molecule has 18 aromatic rings. The molecule has 0 amide bonds. The van der Waals surface area contributed by atoms with E-state index in [1.807, 2.05) is 18.2 Å². The van der Waals surface area contributed by atoms with Gasteiger partial charge in [-0.2, -0.15) is 0 Å². The molecule has 8 heteroatoms. The molecule has 2 aliphatic carbocycles. The Morgan fingerprint density at radius 2 is 0.650 bits per heavy atom. The summed E-state index contributed by atoms with van der Waals surface area (Å²) in [5.41, 5.74) is 21.5. The third-order valence-corrected chi connectivity index (χ3v) is 23.6. The quantitative estimate of drug-likeness (QED) is 0.165. The number of hydrogen-bond donors (Lipinski definition) is 0. The number of furan rings is 3. The van der Waals surface area contributed by atoms with Crippen LogP contribution in [0, 0.1) is 0 Å². The number of fused-ring (bicyclic) bond motifs is 22. The molecular weight excluding hydrogens is 1360 g/mol. The molecule has 1 aliphatic heterocycles. The Morgan fingerprint density at radius 1 is 0.270 bits per heavy atom. The Balaban J connectivity index is 0.000000122. The molecule has 0 spiro atoms. The van der Waals surface area contributed by atoms with Crippen molar-refractivity contribution in [3.63, 3.8) is 0 Å². The third-order valence-electron chi connectivity index (χ3n) is 22.5. The minimum Gasteiger partial charge on any atom is -0.456 e. The molecule has 0 atom stereocenters. The molecule has 1 fully saturated rings. The van der Waals surface area contributed by atoms with Crippen molar-refractivity contribution >= 4 is 164 Å². The Morgan fingerprint density at radius 3 is 1.18 bits per heavy atom. The molecule has 0 saturated carbocycles. The monoisotopic (exact) mass is 1420 g/mol. The van der Waals surface area contributed by atoms with Gasteiger partial charge in [-0.05, 0) is 251 Å². The molecule has 482 valence electrons. The lowest BCUT2D eigenvalue weighted by molar-refractivity contribution is 0.00578. The highest BCUT2D eigenvalue weighted by atomic mass is 79.9. The van der Waals surface area contributed by atoms with E-state index in [1.54, 1.807) is 0 Å². The van der Waals surface area contributed by atoms with Gasteiger partial charge in [0.15, 0.2) is 0 Å². The van der Waals surface area contributed by atoms with Crippen LogP contribution in [-0.2, 0) is 20.1 Å². The summed E-state index contributed by atoms with van der Waals surface area (Å²) >= 11 is 7.37. The number of benzene rings is 15. The molecule has 5 nitrogen and oxygen atoms in total. The number of hydrogen-bond acceptors (Lipinski definition) is 5. The average Bonchev–Trinajstić information content (AvgIpc) is 1.55. The van der Waals surface area contributed by atoms with Crippen LogP contribution in [0.3, 0.4) is 0 Å². The molecule has 21 rings (SSSR count). The highest BCUT2D eigenvalue weighted by Gasteiger charge is 2.52. The SMILES string of the molecule is CC1(C)OB(c2ccc3oc4cc5ccccc5cc4c3c2)OC1(C)C.CC1(C)c2cc(-c3ccc4oc5cc6ccccc6cc5c4c3)ccc2-c2c1cc(-c1ccc3oc4cc5ccccc5cc4c3c1)c1ccccc21.CC1(C)c2cc(Br)ccc2-c2c1cc(Br)c1ccccc21. The minimum atomic E-state index is -0.366. The van der Waals surface area contributed by atoms with Gasteiger partial charge in [0.25, 0.3) is 0 Å².